The van der Waals surface area contributed by atoms with Crippen LogP contribution in [0.4, 0.5) is 0 Å². The third kappa shape index (κ3) is 4.30. The second-order valence-corrected chi connectivity index (χ2v) is 8.08. The first-order valence-electron chi connectivity index (χ1n) is 10.6. The van der Waals surface area contributed by atoms with E-state index in [1.54, 1.807) is 39.8 Å². The summed E-state index contributed by atoms with van der Waals surface area (Å²) in [7, 11) is 0. The third-order valence-electron chi connectivity index (χ3n) is 5.58. The molecule has 0 aliphatic carbocycles. The Morgan fingerprint density at radius 2 is 1.69 bits per heavy atom. The predicted molar refractivity (Wildman–Crippen MR) is 128 cm³/mol. The molecule has 3 aromatic carbocycles. The minimum atomic E-state index is -0.445. The van der Waals surface area contributed by atoms with Gasteiger partial charge < -0.3 is 4.90 Å². The molecule has 162 valence electrons. The topological polar surface area (TPSA) is 55.2 Å². The summed E-state index contributed by atoms with van der Waals surface area (Å²) in [6.45, 7) is 4.65. The average molecular weight is 446 g/mol. The highest BCUT2D eigenvalue weighted by Crippen LogP contribution is 2.25. The van der Waals surface area contributed by atoms with Crippen molar-refractivity contribution in [2.45, 2.75) is 33.0 Å². The first-order valence-corrected chi connectivity index (χ1v) is 11.0. The van der Waals surface area contributed by atoms with Crippen LogP contribution < -0.4 is 5.56 Å². The molecule has 6 heteroatoms. The molecular formula is C26H24ClN3O2. The van der Waals surface area contributed by atoms with Crippen LogP contribution in [0.3, 0.4) is 0 Å². The Balaban J connectivity index is 1.84. The second kappa shape index (κ2) is 9.37. The highest BCUT2D eigenvalue weighted by molar-refractivity contribution is 6.31. The van der Waals surface area contributed by atoms with Crippen LogP contribution in [0.2, 0.25) is 5.02 Å². The third-order valence-corrected chi connectivity index (χ3v) is 5.82. The van der Waals surface area contributed by atoms with Gasteiger partial charge in [0.2, 0.25) is 0 Å². The van der Waals surface area contributed by atoms with Gasteiger partial charge in [0.15, 0.2) is 0 Å². The standard InChI is InChI=1S/C26H24ClN3O2/c1-3-29-24(28-23-16-21(27)14-15-22(23)26(29)32)18(2)30(17-19-10-6-4-7-11-19)25(31)20-12-8-5-9-13-20/h4-16,18H,3,17H2,1-2H3. The molecule has 5 nitrogen and oxygen atoms in total. The highest BCUT2D eigenvalue weighted by atomic mass is 35.5. The fourth-order valence-electron chi connectivity index (χ4n) is 3.89. The Morgan fingerprint density at radius 1 is 1.03 bits per heavy atom. The quantitative estimate of drug-likeness (QED) is 0.395. The van der Waals surface area contributed by atoms with E-state index in [0.717, 1.165) is 5.56 Å². The largest absolute Gasteiger partial charge is 0.324 e. The van der Waals surface area contributed by atoms with Crippen molar-refractivity contribution >= 4 is 28.4 Å². The fourth-order valence-corrected chi connectivity index (χ4v) is 4.05. The van der Waals surface area contributed by atoms with E-state index in [0.29, 0.717) is 40.4 Å². The molecule has 4 aromatic rings. The Labute approximate surface area is 191 Å². The minimum absolute atomic E-state index is 0.120. The first-order chi connectivity index (χ1) is 15.5. The number of halogens is 1. The molecule has 1 atom stereocenters. The van der Waals surface area contributed by atoms with Crippen molar-refractivity contribution in [3.63, 3.8) is 0 Å². The van der Waals surface area contributed by atoms with Gasteiger partial charge in [-0.1, -0.05) is 60.1 Å². The molecule has 0 radical (unpaired) electrons. The lowest BCUT2D eigenvalue weighted by Crippen LogP contribution is -2.37. The van der Waals surface area contributed by atoms with Gasteiger partial charge in [0.1, 0.15) is 5.82 Å². The van der Waals surface area contributed by atoms with Gasteiger partial charge in [-0.15, -0.1) is 0 Å². The summed E-state index contributed by atoms with van der Waals surface area (Å²) in [5.74, 6) is 0.414. The van der Waals surface area contributed by atoms with Crippen LogP contribution in [0.15, 0.2) is 83.7 Å². The maximum Gasteiger partial charge on any atom is 0.261 e. The zero-order valence-corrected chi connectivity index (χ0v) is 18.8. The fraction of sp³-hybridized carbons (Fsp3) is 0.192. The molecule has 0 aliphatic rings. The molecule has 0 saturated heterocycles. The highest BCUT2D eigenvalue weighted by Gasteiger charge is 2.27. The lowest BCUT2D eigenvalue weighted by molar-refractivity contribution is 0.0662. The van der Waals surface area contributed by atoms with Crippen LogP contribution in [-0.2, 0) is 13.1 Å². The first kappa shape index (κ1) is 21.8. The Bertz CT molecular complexity index is 1300. The predicted octanol–water partition coefficient (Wildman–Crippen LogP) is 5.47. The summed E-state index contributed by atoms with van der Waals surface area (Å²) < 4.78 is 1.64. The number of hydrogen-bond donors (Lipinski definition) is 0. The lowest BCUT2D eigenvalue weighted by Gasteiger charge is -2.30. The van der Waals surface area contributed by atoms with E-state index in [4.69, 9.17) is 16.6 Å². The molecule has 0 saturated carbocycles. The molecule has 1 aromatic heterocycles. The van der Waals surface area contributed by atoms with E-state index in [1.807, 2.05) is 62.4 Å². The summed E-state index contributed by atoms with van der Waals surface area (Å²) >= 11 is 6.16. The Hall–Kier alpha value is -3.44. The molecule has 0 spiro atoms. The number of amides is 1. The zero-order valence-electron chi connectivity index (χ0n) is 18.0. The number of hydrogen-bond acceptors (Lipinski definition) is 3. The van der Waals surface area contributed by atoms with Crippen LogP contribution >= 0.6 is 11.6 Å². The normalized spacial score (nSPS) is 12.0. The molecule has 0 aliphatic heterocycles. The Morgan fingerprint density at radius 3 is 2.34 bits per heavy atom. The van der Waals surface area contributed by atoms with Crippen molar-refractivity contribution < 1.29 is 4.79 Å². The van der Waals surface area contributed by atoms with Gasteiger partial charge >= 0.3 is 0 Å². The van der Waals surface area contributed by atoms with E-state index >= 15 is 0 Å². The van der Waals surface area contributed by atoms with Crippen molar-refractivity contribution in [3.8, 4) is 0 Å². The van der Waals surface area contributed by atoms with Gasteiger partial charge in [-0.05, 0) is 49.7 Å². The number of fused-ring (bicyclic) bond motifs is 1. The average Bonchev–Trinajstić information content (AvgIpc) is 2.82. The van der Waals surface area contributed by atoms with Crippen molar-refractivity contribution in [1.29, 1.82) is 0 Å². The van der Waals surface area contributed by atoms with Gasteiger partial charge in [0, 0.05) is 23.7 Å². The maximum atomic E-state index is 13.6. The summed E-state index contributed by atoms with van der Waals surface area (Å²) in [5, 5.41) is 1.02. The molecule has 1 amide bonds. The van der Waals surface area contributed by atoms with Crippen molar-refractivity contribution in [1.82, 2.24) is 14.5 Å². The van der Waals surface area contributed by atoms with Crippen LogP contribution in [0, 0.1) is 0 Å². The molecule has 0 bridgehead atoms. The molecule has 1 heterocycles. The van der Waals surface area contributed by atoms with Gasteiger partial charge in [-0.2, -0.15) is 0 Å². The zero-order chi connectivity index (χ0) is 22.7. The summed E-state index contributed by atoms with van der Waals surface area (Å²) in [5.41, 5.74) is 1.98. The molecule has 32 heavy (non-hydrogen) atoms. The van der Waals surface area contributed by atoms with Crippen LogP contribution in [0.5, 0.6) is 0 Å². The lowest BCUT2D eigenvalue weighted by atomic mass is 10.1. The van der Waals surface area contributed by atoms with Crippen molar-refractivity contribution in [2.24, 2.45) is 0 Å². The number of benzene rings is 3. The second-order valence-electron chi connectivity index (χ2n) is 7.64. The number of carbonyl (C=O) groups is 1. The SMILES string of the molecule is CCn1c(C(C)N(Cc2ccccc2)C(=O)c2ccccc2)nc2cc(Cl)ccc2c1=O. The molecule has 4 rings (SSSR count). The summed E-state index contributed by atoms with van der Waals surface area (Å²) in [6, 6.07) is 23.6. The maximum absolute atomic E-state index is 13.6. The van der Waals surface area contributed by atoms with Crippen LogP contribution in [0.25, 0.3) is 10.9 Å². The van der Waals surface area contributed by atoms with E-state index in [1.165, 1.54) is 0 Å². The van der Waals surface area contributed by atoms with Crippen molar-refractivity contribution in [2.75, 3.05) is 0 Å². The molecular weight excluding hydrogens is 422 g/mol. The minimum Gasteiger partial charge on any atom is -0.324 e. The monoisotopic (exact) mass is 445 g/mol. The number of rotatable bonds is 6. The van der Waals surface area contributed by atoms with E-state index in [-0.39, 0.29) is 11.5 Å². The molecule has 0 N–H and O–H groups in total. The van der Waals surface area contributed by atoms with Gasteiger partial charge in [0.25, 0.3) is 11.5 Å². The van der Waals surface area contributed by atoms with E-state index in [9.17, 15) is 9.59 Å². The van der Waals surface area contributed by atoms with Gasteiger partial charge in [0.05, 0.1) is 16.9 Å². The van der Waals surface area contributed by atoms with Crippen molar-refractivity contribution in [3.05, 3.63) is 111 Å². The molecule has 1 unspecified atom stereocenters. The smallest absolute Gasteiger partial charge is 0.261 e. The van der Waals surface area contributed by atoms with Gasteiger partial charge in [-0.25, -0.2) is 4.98 Å². The number of nitrogens with zero attached hydrogens (tertiary/aromatic N) is 3. The van der Waals surface area contributed by atoms with E-state index < -0.39 is 6.04 Å². The molecule has 0 fully saturated rings. The van der Waals surface area contributed by atoms with Crippen LogP contribution in [0.1, 0.15) is 41.6 Å². The number of carbonyl (C=O) groups excluding carboxylic acids is 1. The Kier molecular flexibility index (Phi) is 6.37. The van der Waals surface area contributed by atoms with Gasteiger partial charge in [-0.3, -0.25) is 14.2 Å². The van der Waals surface area contributed by atoms with Crippen LogP contribution in [-0.4, -0.2) is 20.4 Å². The summed E-state index contributed by atoms with van der Waals surface area (Å²) in [4.78, 5) is 33.3. The van der Waals surface area contributed by atoms with E-state index in [2.05, 4.69) is 0 Å². The summed E-state index contributed by atoms with van der Waals surface area (Å²) in [6.07, 6.45) is 0. The number of aromatic nitrogens is 2.